The molecule has 4 rings (SSSR count). The zero-order chi connectivity index (χ0) is 19.6. The molecule has 1 amide bonds. The normalized spacial score (nSPS) is 20.4. The summed E-state index contributed by atoms with van der Waals surface area (Å²) in [6.07, 6.45) is 5.76. The van der Waals surface area contributed by atoms with E-state index in [0.29, 0.717) is 18.2 Å². The van der Waals surface area contributed by atoms with E-state index in [1.165, 1.54) is 0 Å². The Kier molecular flexibility index (Phi) is 4.77. The van der Waals surface area contributed by atoms with Gasteiger partial charge in [-0.25, -0.2) is 9.97 Å². The number of pyridine rings is 1. The standard InChI is InChI=1S/C22H22N4O2/c1-15-20(13-24-16(2)25-15)28-14-22(17-6-4-3-5-7-17)12-19(22)21(27)26-18-8-10-23-11-9-18/h3-11,13,19H,12,14H2,1-2H3,(H,23,26,27)/t19?,22-/m1/s1. The summed E-state index contributed by atoms with van der Waals surface area (Å²) < 4.78 is 6.09. The zero-order valence-corrected chi connectivity index (χ0v) is 15.9. The van der Waals surface area contributed by atoms with E-state index in [0.717, 1.165) is 23.4 Å². The van der Waals surface area contributed by atoms with E-state index >= 15 is 0 Å². The molecule has 0 bridgehead atoms. The Morgan fingerprint density at radius 2 is 1.93 bits per heavy atom. The third-order valence-corrected chi connectivity index (χ3v) is 5.23. The number of benzene rings is 1. The third-order valence-electron chi connectivity index (χ3n) is 5.23. The Morgan fingerprint density at radius 3 is 2.64 bits per heavy atom. The van der Waals surface area contributed by atoms with E-state index in [9.17, 15) is 4.79 Å². The van der Waals surface area contributed by atoms with Crippen LogP contribution in [0.1, 0.15) is 23.5 Å². The van der Waals surface area contributed by atoms with Crippen LogP contribution in [0.15, 0.2) is 61.1 Å². The Hall–Kier alpha value is -3.28. The number of rotatable bonds is 6. The average Bonchev–Trinajstić information content (AvgIpc) is 3.45. The number of aromatic nitrogens is 3. The number of hydrogen-bond donors (Lipinski definition) is 1. The highest BCUT2D eigenvalue weighted by Crippen LogP contribution is 2.55. The molecule has 1 fully saturated rings. The van der Waals surface area contributed by atoms with Crippen molar-refractivity contribution in [1.29, 1.82) is 0 Å². The van der Waals surface area contributed by atoms with Crippen molar-refractivity contribution >= 4 is 11.6 Å². The monoisotopic (exact) mass is 374 g/mol. The van der Waals surface area contributed by atoms with Crippen LogP contribution in [-0.4, -0.2) is 27.5 Å². The fourth-order valence-corrected chi connectivity index (χ4v) is 3.57. The van der Waals surface area contributed by atoms with Gasteiger partial charge in [0.2, 0.25) is 5.91 Å². The predicted molar refractivity (Wildman–Crippen MR) is 106 cm³/mol. The molecule has 1 saturated carbocycles. The van der Waals surface area contributed by atoms with Gasteiger partial charge in [0.15, 0.2) is 5.75 Å². The van der Waals surface area contributed by atoms with Gasteiger partial charge < -0.3 is 10.1 Å². The van der Waals surface area contributed by atoms with Crippen LogP contribution in [0, 0.1) is 19.8 Å². The van der Waals surface area contributed by atoms with Gasteiger partial charge in [-0.15, -0.1) is 0 Å². The molecule has 1 aromatic carbocycles. The van der Waals surface area contributed by atoms with E-state index in [1.54, 1.807) is 30.7 Å². The molecule has 6 nitrogen and oxygen atoms in total. The third kappa shape index (κ3) is 3.58. The summed E-state index contributed by atoms with van der Waals surface area (Å²) in [5.74, 6) is 1.20. The number of anilines is 1. The Balaban J connectivity index is 1.54. The smallest absolute Gasteiger partial charge is 0.228 e. The summed E-state index contributed by atoms with van der Waals surface area (Å²) in [5, 5.41) is 2.99. The molecule has 1 aliphatic carbocycles. The average molecular weight is 374 g/mol. The topological polar surface area (TPSA) is 77.0 Å². The Bertz CT molecular complexity index is 978. The number of hydrogen-bond acceptors (Lipinski definition) is 5. The van der Waals surface area contributed by atoms with Crippen molar-refractivity contribution < 1.29 is 9.53 Å². The molecular formula is C22H22N4O2. The molecule has 3 aromatic rings. The summed E-state index contributed by atoms with van der Waals surface area (Å²) in [4.78, 5) is 25.4. The van der Waals surface area contributed by atoms with Gasteiger partial charge in [-0.3, -0.25) is 9.78 Å². The maximum atomic E-state index is 12.9. The minimum absolute atomic E-state index is 0.00414. The first kappa shape index (κ1) is 18.1. The van der Waals surface area contributed by atoms with Crippen LogP contribution in [-0.2, 0) is 10.2 Å². The summed E-state index contributed by atoms with van der Waals surface area (Å²) in [6.45, 7) is 4.15. The summed E-state index contributed by atoms with van der Waals surface area (Å²) in [7, 11) is 0. The minimum Gasteiger partial charge on any atom is -0.489 e. The lowest BCUT2D eigenvalue weighted by atomic mass is 9.93. The van der Waals surface area contributed by atoms with E-state index < -0.39 is 0 Å². The summed E-state index contributed by atoms with van der Waals surface area (Å²) >= 11 is 0. The van der Waals surface area contributed by atoms with E-state index in [2.05, 4.69) is 32.4 Å². The molecule has 142 valence electrons. The zero-order valence-electron chi connectivity index (χ0n) is 15.9. The van der Waals surface area contributed by atoms with Gasteiger partial charge in [0, 0.05) is 23.5 Å². The molecule has 0 saturated heterocycles. The van der Waals surface area contributed by atoms with Crippen molar-refractivity contribution in [3.05, 3.63) is 78.1 Å². The van der Waals surface area contributed by atoms with Crippen molar-refractivity contribution in [3.63, 3.8) is 0 Å². The van der Waals surface area contributed by atoms with Crippen LogP contribution in [0.3, 0.4) is 0 Å². The van der Waals surface area contributed by atoms with Crippen molar-refractivity contribution in [1.82, 2.24) is 15.0 Å². The van der Waals surface area contributed by atoms with Gasteiger partial charge in [0.1, 0.15) is 5.82 Å². The SMILES string of the molecule is Cc1ncc(OC[C@@]2(c3ccccc3)CC2C(=O)Nc2ccncc2)c(C)n1. The first-order chi connectivity index (χ1) is 13.6. The van der Waals surface area contributed by atoms with Gasteiger partial charge in [-0.2, -0.15) is 0 Å². The summed E-state index contributed by atoms with van der Waals surface area (Å²) in [5.41, 5.74) is 2.30. The highest BCUT2D eigenvalue weighted by molar-refractivity contribution is 5.96. The fourth-order valence-electron chi connectivity index (χ4n) is 3.57. The molecule has 1 unspecified atom stereocenters. The van der Waals surface area contributed by atoms with Gasteiger partial charge >= 0.3 is 0 Å². The fraction of sp³-hybridized carbons (Fsp3) is 0.273. The van der Waals surface area contributed by atoms with Crippen LogP contribution in [0.5, 0.6) is 5.75 Å². The van der Waals surface area contributed by atoms with Crippen LogP contribution in [0.2, 0.25) is 0 Å². The lowest BCUT2D eigenvalue weighted by Gasteiger charge is -2.19. The second kappa shape index (κ2) is 7.38. The Labute approximate surface area is 164 Å². The first-order valence-electron chi connectivity index (χ1n) is 9.28. The van der Waals surface area contributed by atoms with Crippen molar-refractivity contribution in [2.24, 2.45) is 5.92 Å². The number of carbonyl (C=O) groups is 1. The lowest BCUT2D eigenvalue weighted by Crippen LogP contribution is -2.26. The van der Waals surface area contributed by atoms with E-state index in [4.69, 9.17) is 4.74 Å². The summed E-state index contributed by atoms with van der Waals surface area (Å²) in [6, 6.07) is 13.6. The molecule has 28 heavy (non-hydrogen) atoms. The van der Waals surface area contributed by atoms with Crippen LogP contribution in [0.4, 0.5) is 5.69 Å². The van der Waals surface area contributed by atoms with Crippen molar-refractivity contribution in [2.45, 2.75) is 25.7 Å². The second-order valence-electron chi connectivity index (χ2n) is 7.16. The molecule has 1 N–H and O–H groups in total. The molecule has 0 spiro atoms. The minimum atomic E-state index is -0.351. The van der Waals surface area contributed by atoms with Gasteiger partial charge in [0.05, 0.1) is 24.4 Å². The molecular weight excluding hydrogens is 352 g/mol. The molecule has 0 radical (unpaired) electrons. The predicted octanol–water partition coefficient (Wildman–Crippen LogP) is 3.46. The number of nitrogens with one attached hydrogen (secondary N) is 1. The first-order valence-corrected chi connectivity index (χ1v) is 9.28. The maximum Gasteiger partial charge on any atom is 0.228 e. The quantitative estimate of drug-likeness (QED) is 0.715. The van der Waals surface area contributed by atoms with Gasteiger partial charge in [0.25, 0.3) is 0 Å². The second-order valence-corrected chi connectivity index (χ2v) is 7.16. The van der Waals surface area contributed by atoms with Crippen LogP contribution >= 0.6 is 0 Å². The maximum absolute atomic E-state index is 12.9. The van der Waals surface area contributed by atoms with Crippen molar-refractivity contribution in [2.75, 3.05) is 11.9 Å². The molecule has 0 aliphatic heterocycles. The van der Waals surface area contributed by atoms with Crippen LogP contribution in [0.25, 0.3) is 0 Å². The van der Waals surface area contributed by atoms with Gasteiger partial charge in [-0.05, 0) is 38.0 Å². The van der Waals surface area contributed by atoms with Crippen molar-refractivity contribution in [3.8, 4) is 5.75 Å². The van der Waals surface area contributed by atoms with E-state index in [1.807, 2.05) is 32.0 Å². The highest BCUT2D eigenvalue weighted by atomic mass is 16.5. The number of aryl methyl sites for hydroxylation is 2. The largest absolute Gasteiger partial charge is 0.489 e. The number of amides is 1. The lowest BCUT2D eigenvalue weighted by molar-refractivity contribution is -0.117. The highest BCUT2D eigenvalue weighted by Gasteiger charge is 2.60. The molecule has 2 atom stereocenters. The molecule has 2 heterocycles. The Morgan fingerprint density at radius 1 is 1.18 bits per heavy atom. The van der Waals surface area contributed by atoms with E-state index in [-0.39, 0.29) is 17.2 Å². The molecule has 1 aliphatic rings. The molecule has 2 aromatic heterocycles. The van der Waals surface area contributed by atoms with Crippen LogP contribution < -0.4 is 10.1 Å². The molecule has 6 heteroatoms. The van der Waals surface area contributed by atoms with Gasteiger partial charge in [-0.1, -0.05) is 30.3 Å². The number of ether oxygens (including phenoxy) is 1. The number of nitrogens with zero attached hydrogens (tertiary/aromatic N) is 3. The number of carbonyl (C=O) groups excluding carboxylic acids is 1.